The molecule has 124 valence electrons. The maximum atomic E-state index is 5.32. The number of aliphatic imine (C=N–C) groups is 1. The lowest BCUT2D eigenvalue weighted by Gasteiger charge is -2.12. The molecule has 0 aliphatic carbocycles. The van der Waals surface area contributed by atoms with Gasteiger partial charge in [0.25, 0.3) is 0 Å². The summed E-state index contributed by atoms with van der Waals surface area (Å²) in [4.78, 5) is 8.80. The number of nitrogens with zero attached hydrogens (tertiary/aromatic N) is 2. The Labute approximate surface area is 137 Å². The first kappa shape index (κ1) is 17.0. The zero-order chi connectivity index (χ0) is 16.2. The second kappa shape index (κ2) is 10.4. The van der Waals surface area contributed by atoms with Crippen molar-refractivity contribution in [1.82, 2.24) is 15.6 Å². The van der Waals surface area contributed by atoms with Gasteiger partial charge in [0.05, 0.1) is 19.4 Å². The summed E-state index contributed by atoms with van der Waals surface area (Å²) in [7, 11) is 1.67. The third-order valence-electron chi connectivity index (χ3n) is 3.21. The normalized spacial score (nSPS) is 11.4. The molecule has 0 aliphatic heterocycles. The molecule has 2 N–H and O–H groups in total. The van der Waals surface area contributed by atoms with Crippen LogP contribution in [0.3, 0.4) is 0 Å². The molecule has 6 nitrogen and oxygen atoms in total. The van der Waals surface area contributed by atoms with Crippen molar-refractivity contribution in [2.45, 2.75) is 12.8 Å². The molecule has 23 heavy (non-hydrogen) atoms. The van der Waals surface area contributed by atoms with Crippen LogP contribution in [0.15, 0.2) is 52.2 Å². The van der Waals surface area contributed by atoms with Gasteiger partial charge in [0.15, 0.2) is 5.96 Å². The monoisotopic (exact) mass is 316 g/mol. The Morgan fingerprint density at radius 2 is 2.04 bits per heavy atom. The van der Waals surface area contributed by atoms with Gasteiger partial charge in [-0.3, -0.25) is 9.98 Å². The molecule has 2 aromatic rings. The second-order valence-electron chi connectivity index (χ2n) is 4.98. The summed E-state index contributed by atoms with van der Waals surface area (Å²) in [6, 6.07) is 9.81. The van der Waals surface area contributed by atoms with Gasteiger partial charge in [-0.05, 0) is 24.3 Å². The van der Waals surface area contributed by atoms with Crippen LogP contribution in [0.1, 0.15) is 11.5 Å². The number of nitrogens with one attached hydrogen (secondary N) is 2. The molecule has 0 bridgehead atoms. The molecule has 0 atom stereocenters. The van der Waals surface area contributed by atoms with E-state index in [9.17, 15) is 0 Å². The van der Waals surface area contributed by atoms with E-state index in [1.165, 1.54) is 0 Å². The number of aromatic nitrogens is 1. The minimum Gasteiger partial charge on any atom is -0.469 e. The molecule has 0 saturated heterocycles. The van der Waals surface area contributed by atoms with E-state index in [2.05, 4.69) is 20.6 Å². The van der Waals surface area contributed by atoms with Crippen LogP contribution < -0.4 is 10.6 Å². The van der Waals surface area contributed by atoms with Crippen molar-refractivity contribution in [3.8, 4) is 0 Å². The second-order valence-corrected chi connectivity index (χ2v) is 4.98. The van der Waals surface area contributed by atoms with Crippen LogP contribution in [0, 0.1) is 0 Å². The van der Waals surface area contributed by atoms with E-state index in [1.807, 2.05) is 36.5 Å². The van der Waals surface area contributed by atoms with E-state index in [1.54, 1.807) is 13.4 Å². The van der Waals surface area contributed by atoms with Crippen molar-refractivity contribution in [3.05, 3.63) is 54.2 Å². The van der Waals surface area contributed by atoms with Crippen molar-refractivity contribution in [2.75, 3.05) is 33.4 Å². The number of furan rings is 1. The molecule has 2 aromatic heterocycles. The van der Waals surface area contributed by atoms with E-state index in [4.69, 9.17) is 9.15 Å². The highest BCUT2D eigenvalue weighted by Crippen LogP contribution is 1.99. The van der Waals surface area contributed by atoms with Crippen molar-refractivity contribution >= 4 is 5.96 Å². The SMILES string of the molecule is COCCN=C(NCCc1ccccn1)NCCc1ccco1. The van der Waals surface area contributed by atoms with Crippen LogP contribution in [0.4, 0.5) is 0 Å². The molecule has 0 aromatic carbocycles. The molecule has 6 heteroatoms. The summed E-state index contributed by atoms with van der Waals surface area (Å²) in [5.41, 5.74) is 1.06. The Hall–Kier alpha value is -2.34. The maximum absolute atomic E-state index is 5.32. The van der Waals surface area contributed by atoms with Crippen LogP contribution in [0.25, 0.3) is 0 Å². The lowest BCUT2D eigenvalue weighted by Crippen LogP contribution is -2.39. The molecule has 0 radical (unpaired) electrons. The van der Waals surface area contributed by atoms with Crippen LogP contribution in [0.2, 0.25) is 0 Å². The first-order chi connectivity index (χ1) is 11.4. The van der Waals surface area contributed by atoms with Gasteiger partial charge >= 0.3 is 0 Å². The Balaban J connectivity index is 1.75. The van der Waals surface area contributed by atoms with Gasteiger partial charge in [-0.2, -0.15) is 0 Å². The molecule has 2 heterocycles. The fourth-order valence-electron chi connectivity index (χ4n) is 2.04. The van der Waals surface area contributed by atoms with Gasteiger partial charge in [-0.25, -0.2) is 0 Å². The smallest absolute Gasteiger partial charge is 0.191 e. The Morgan fingerprint density at radius 1 is 1.17 bits per heavy atom. The summed E-state index contributed by atoms with van der Waals surface area (Å²) in [6.07, 6.45) is 5.17. The molecule has 0 saturated carbocycles. The fraction of sp³-hybridized carbons (Fsp3) is 0.412. The van der Waals surface area contributed by atoms with Crippen molar-refractivity contribution in [2.24, 2.45) is 4.99 Å². The van der Waals surface area contributed by atoms with Gasteiger partial charge in [0.2, 0.25) is 0 Å². The van der Waals surface area contributed by atoms with Crippen LogP contribution >= 0.6 is 0 Å². The average molecular weight is 316 g/mol. The molecule has 0 aliphatic rings. The highest BCUT2D eigenvalue weighted by molar-refractivity contribution is 5.79. The van der Waals surface area contributed by atoms with Gasteiger partial charge in [0.1, 0.15) is 5.76 Å². The van der Waals surface area contributed by atoms with Gasteiger partial charge < -0.3 is 19.8 Å². The molecule has 0 unspecified atom stereocenters. The van der Waals surface area contributed by atoms with Crippen LogP contribution in [-0.2, 0) is 17.6 Å². The van der Waals surface area contributed by atoms with Gasteiger partial charge in [0, 0.05) is 44.9 Å². The van der Waals surface area contributed by atoms with Crippen LogP contribution in [-0.4, -0.2) is 44.3 Å². The summed E-state index contributed by atoms with van der Waals surface area (Å²) in [6.45, 7) is 2.76. The predicted molar refractivity (Wildman–Crippen MR) is 90.5 cm³/mol. The third kappa shape index (κ3) is 6.97. The minimum absolute atomic E-state index is 0.602. The zero-order valence-corrected chi connectivity index (χ0v) is 13.5. The number of methoxy groups -OCH3 is 1. The highest BCUT2D eigenvalue weighted by atomic mass is 16.5. The topological polar surface area (TPSA) is 71.7 Å². The fourth-order valence-corrected chi connectivity index (χ4v) is 2.04. The van der Waals surface area contributed by atoms with E-state index in [-0.39, 0.29) is 0 Å². The quantitative estimate of drug-likeness (QED) is 0.418. The highest BCUT2D eigenvalue weighted by Gasteiger charge is 2.01. The number of rotatable bonds is 9. The molecule has 0 fully saturated rings. The van der Waals surface area contributed by atoms with Crippen molar-refractivity contribution in [3.63, 3.8) is 0 Å². The number of hydrogen-bond donors (Lipinski definition) is 2. The Morgan fingerprint density at radius 3 is 2.74 bits per heavy atom. The third-order valence-corrected chi connectivity index (χ3v) is 3.21. The first-order valence-corrected chi connectivity index (χ1v) is 7.82. The molecular weight excluding hydrogens is 292 g/mol. The van der Waals surface area contributed by atoms with Gasteiger partial charge in [-0.1, -0.05) is 6.07 Å². The molecule has 2 rings (SSSR count). The molecule has 0 amide bonds. The minimum atomic E-state index is 0.602. The number of pyridine rings is 1. The lowest BCUT2D eigenvalue weighted by atomic mass is 10.3. The Kier molecular flexibility index (Phi) is 7.69. The zero-order valence-electron chi connectivity index (χ0n) is 13.5. The number of guanidine groups is 1. The summed E-state index contributed by atoms with van der Waals surface area (Å²) in [5, 5.41) is 6.63. The standard InChI is InChI=1S/C17H24N4O2/c1-22-14-12-21-17(20-11-8-16-6-4-13-23-16)19-10-7-15-5-2-3-9-18-15/h2-6,9,13H,7-8,10-12,14H2,1H3,(H2,19,20,21). The van der Waals surface area contributed by atoms with E-state index in [0.29, 0.717) is 13.2 Å². The van der Waals surface area contributed by atoms with Crippen LogP contribution in [0.5, 0.6) is 0 Å². The lowest BCUT2D eigenvalue weighted by molar-refractivity contribution is 0.208. The summed E-state index contributed by atoms with van der Waals surface area (Å²) < 4.78 is 10.4. The summed E-state index contributed by atoms with van der Waals surface area (Å²) in [5.74, 6) is 1.74. The van der Waals surface area contributed by atoms with Gasteiger partial charge in [-0.15, -0.1) is 0 Å². The van der Waals surface area contributed by atoms with E-state index in [0.717, 1.165) is 43.3 Å². The number of ether oxygens (including phenoxy) is 1. The number of hydrogen-bond acceptors (Lipinski definition) is 4. The van der Waals surface area contributed by atoms with E-state index >= 15 is 0 Å². The summed E-state index contributed by atoms with van der Waals surface area (Å²) >= 11 is 0. The average Bonchev–Trinajstić information content (AvgIpc) is 3.09. The molecule has 0 spiro atoms. The van der Waals surface area contributed by atoms with Crippen molar-refractivity contribution in [1.29, 1.82) is 0 Å². The Bertz CT molecular complexity index is 555. The first-order valence-electron chi connectivity index (χ1n) is 7.82. The largest absolute Gasteiger partial charge is 0.469 e. The molecular formula is C17H24N4O2. The van der Waals surface area contributed by atoms with Crippen molar-refractivity contribution < 1.29 is 9.15 Å². The predicted octanol–water partition coefficient (Wildman–Crippen LogP) is 1.64. The maximum Gasteiger partial charge on any atom is 0.191 e. The van der Waals surface area contributed by atoms with E-state index < -0.39 is 0 Å².